The van der Waals surface area contributed by atoms with E-state index in [1.807, 2.05) is 13.8 Å². The molecule has 2 aromatic rings. The summed E-state index contributed by atoms with van der Waals surface area (Å²) in [7, 11) is -4.33. The van der Waals surface area contributed by atoms with Crippen molar-refractivity contribution in [3.63, 3.8) is 0 Å². The van der Waals surface area contributed by atoms with E-state index in [2.05, 4.69) is 0 Å². The molecule has 0 fully saturated rings. The maximum absolute atomic E-state index is 14.0. The summed E-state index contributed by atoms with van der Waals surface area (Å²) in [5.74, 6) is -1.04. The van der Waals surface area contributed by atoms with Crippen LogP contribution in [0.4, 0.5) is 0 Å². The van der Waals surface area contributed by atoms with E-state index in [-0.39, 0.29) is 35.9 Å². The van der Waals surface area contributed by atoms with Gasteiger partial charge in [0.1, 0.15) is 23.4 Å². The van der Waals surface area contributed by atoms with Crippen LogP contribution in [0.1, 0.15) is 33.6 Å². The summed E-state index contributed by atoms with van der Waals surface area (Å²) in [4.78, 5) is 25.1. The van der Waals surface area contributed by atoms with E-state index < -0.39 is 37.2 Å². The molecule has 9 heteroatoms. The third kappa shape index (κ3) is 5.82. The highest BCUT2D eigenvalue weighted by molar-refractivity contribution is 7.49. The van der Waals surface area contributed by atoms with Gasteiger partial charge in [-0.15, -0.1) is 0 Å². The van der Waals surface area contributed by atoms with Crippen molar-refractivity contribution in [2.45, 2.75) is 39.7 Å². The van der Waals surface area contributed by atoms with Crippen molar-refractivity contribution in [3.8, 4) is 11.5 Å². The summed E-state index contributed by atoms with van der Waals surface area (Å²) >= 11 is 0. The summed E-state index contributed by atoms with van der Waals surface area (Å²) < 4.78 is 42.4. The van der Waals surface area contributed by atoms with Gasteiger partial charge in [0, 0.05) is 18.4 Å². The van der Waals surface area contributed by atoms with Crippen LogP contribution in [0.5, 0.6) is 11.5 Å². The number of carbonyl (C=O) groups excluding carboxylic acids is 2. The molecule has 0 N–H and O–H groups in total. The van der Waals surface area contributed by atoms with E-state index in [4.69, 9.17) is 23.0 Å². The minimum atomic E-state index is -4.33. The highest BCUT2D eigenvalue weighted by Crippen LogP contribution is 2.56. The van der Waals surface area contributed by atoms with E-state index in [1.165, 1.54) is 6.08 Å². The van der Waals surface area contributed by atoms with Crippen molar-refractivity contribution < 1.29 is 37.2 Å². The number of hydrogen-bond acceptors (Lipinski definition) is 8. The van der Waals surface area contributed by atoms with Crippen LogP contribution in [0.3, 0.4) is 0 Å². The molecule has 0 saturated carbocycles. The molecule has 0 saturated heterocycles. The highest BCUT2D eigenvalue weighted by atomic mass is 31.2. The Kier molecular flexibility index (Phi) is 7.55. The lowest BCUT2D eigenvalue weighted by atomic mass is 9.65. The molecule has 1 aliphatic carbocycles. The number of hydrogen-bond donors (Lipinski definition) is 0. The average Bonchev–Trinajstić information content (AvgIpc) is 3.26. The van der Waals surface area contributed by atoms with Crippen molar-refractivity contribution in [1.82, 2.24) is 0 Å². The van der Waals surface area contributed by atoms with Crippen molar-refractivity contribution in [2.75, 3.05) is 6.61 Å². The highest BCUT2D eigenvalue weighted by Gasteiger charge is 2.49. The van der Waals surface area contributed by atoms with Gasteiger partial charge in [-0.1, -0.05) is 50.2 Å². The second-order valence-corrected chi connectivity index (χ2v) is 10.6. The maximum Gasteiger partial charge on any atom is 0.646 e. The summed E-state index contributed by atoms with van der Waals surface area (Å²) in [6.07, 6.45) is 3.10. The number of rotatable bonds is 9. The van der Waals surface area contributed by atoms with Crippen LogP contribution in [0.25, 0.3) is 0 Å². The van der Waals surface area contributed by atoms with Gasteiger partial charge in [0.25, 0.3) is 0 Å². The fraction of sp³-hybridized carbons (Fsp3) is 0.333. The number of para-hydroxylation sites is 2. The first-order chi connectivity index (χ1) is 17.2. The van der Waals surface area contributed by atoms with Gasteiger partial charge in [0.2, 0.25) is 0 Å². The molecule has 0 aromatic heterocycles. The Morgan fingerprint density at radius 2 is 1.58 bits per heavy atom. The molecule has 2 aliphatic rings. The van der Waals surface area contributed by atoms with E-state index in [0.29, 0.717) is 6.42 Å². The van der Waals surface area contributed by atoms with Gasteiger partial charge in [-0.3, -0.25) is 0 Å². The van der Waals surface area contributed by atoms with Gasteiger partial charge < -0.3 is 23.0 Å². The third-order valence-corrected chi connectivity index (χ3v) is 7.40. The van der Waals surface area contributed by atoms with Crippen LogP contribution in [0.15, 0.2) is 84.1 Å². The van der Waals surface area contributed by atoms with E-state index in [9.17, 15) is 14.2 Å². The summed E-state index contributed by atoms with van der Waals surface area (Å²) in [6, 6.07) is 17.0. The number of allylic oxidation sites excluding steroid dienone is 1. The van der Waals surface area contributed by atoms with E-state index >= 15 is 0 Å². The second-order valence-electron chi connectivity index (χ2n) is 9.13. The third-order valence-electron chi connectivity index (χ3n) is 6.09. The zero-order valence-electron chi connectivity index (χ0n) is 20.4. The van der Waals surface area contributed by atoms with Crippen molar-refractivity contribution >= 4 is 19.8 Å². The van der Waals surface area contributed by atoms with Crippen LogP contribution >= 0.6 is 7.82 Å². The van der Waals surface area contributed by atoms with Gasteiger partial charge >= 0.3 is 19.8 Å². The van der Waals surface area contributed by atoms with Crippen molar-refractivity contribution in [2.24, 2.45) is 11.3 Å². The van der Waals surface area contributed by atoms with Crippen molar-refractivity contribution in [1.29, 1.82) is 0 Å². The van der Waals surface area contributed by atoms with Crippen LogP contribution in [-0.2, 0) is 28.2 Å². The van der Waals surface area contributed by atoms with Gasteiger partial charge in [0.05, 0.1) is 12.2 Å². The van der Waals surface area contributed by atoms with Crippen LogP contribution in [-0.4, -0.2) is 24.6 Å². The molecular formula is C27H29O8P. The molecule has 0 bridgehead atoms. The predicted molar refractivity (Wildman–Crippen MR) is 132 cm³/mol. The molecule has 1 aliphatic heterocycles. The molecule has 0 amide bonds. The monoisotopic (exact) mass is 512 g/mol. The normalized spacial score (nSPS) is 21.0. The molecule has 2 atom stereocenters. The first-order valence-electron chi connectivity index (χ1n) is 11.8. The van der Waals surface area contributed by atoms with Crippen LogP contribution < -0.4 is 9.05 Å². The fourth-order valence-corrected chi connectivity index (χ4v) is 5.75. The number of benzene rings is 2. The Morgan fingerprint density at radius 3 is 2.08 bits per heavy atom. The van der Waals surface area contributed by atoms with Crippen LogP contribution in [0.2, 0.25) is 0 Å². The Bertz CT molecular complexity index is 1160. The molecule has 4 rings (SSSR count). The molecular weight excluding hydrogens is 483 g/mol. The zero-order chi connectivity index (χ0) is 25.8. The van der Waals surface area contributed by atoms with E-state index in [0.717, 1.165) is 0 Å². The lowest BCUT2D eigenvalue weighted by molar-refractivity contribution is -0.146. The Balaban J connectivity index is 1.77. The first-order valence-corrected chi connectivity index (χ1v) is 13.2. The van der Waals surface area contributed by atoms with Gasteiger partial charge in [-0.25, -0.2) is 9.59 Å². The minimum Gasteiger partial charge on any atom is -0.463 e. The first kappa shape index (κ1) is 25.6. The number of cyclic esters (lactones) is 1. The predicted octanol–water partition coefficient (Wildman–Crippen LogP) is 6.00. The molecule has 190 valence electrons. The number of phosphoric acid groups is 1. The number of phosphoric ester groups is 1. The average molecular weight is 512 g/mol. The van der Waals surface area contributed by atoms with Gasteiger partial charge in [0.15, 0.2) is 0 Å². The molecule has 0 unspecified atom stereocenters. The lowest BCUT2D eigenvalue weighted by Gasteiger charge is -2.42. The van der Waals surface area contributed by atoms with E-state index in [1.54, 1.807) is 73.7 Å². The van der Waals surface area contributed by atoms with Gasteiger partial charge in [-0.05, 0) is 49.1 Å². The molecule has 0 spiro atoms. The van der Waals surface area contributed by atoms with Crippen LogP contribution in [0, 0.1) is 11.3 Å². The topological polar surface area (TPSA) is 97.4 Å². The molecule has 36 heavy (non-hydrogen) atoms. The Labute approximate surface area is 210 Å². The second kappa shape index (κ2) is 10.6. The van der Waals surface area contributed by atoms with Gasteiger partial charge in [-0.2, -0.15) is 4.57 Å². The molecule has 2 aromatic carbocycles. The summed E-state index contributed by atoms with van der Waals surface area (Å²) in [6.45, 7) is 5.78. The minimum absolute atomic E-state index is 0.127. The maximum atomic E-state index is 14.0. The number of carbonyl (C=O) groups is 2. The Morgan fingerprint density at radius 1 is 1.00 bits per heavy atom. The fourth-order valence-electron chi connectivity index (χ4n) is 4.42. The standard InChI is InChI=1S/C27H29O8P/c1-4-31-26(29)24-21(17-18-27(2,3)25(24)22-15-16-23(28)32-22)35-36(30,33-19-11-7-5-8-12-19)34-20-13-9-6-10-14-20/h5-16,22,25H,4,17-18H2,1-3H3/t22-,25-/m1/s1. The lowest BCUT2D eigenvalue weighted by Crippen LogP contribution is -2.41. The molecule has 0 radical (unpaired) electrons. The largest absolute Gasteiger partial charge is 0.646 e. The zero-order valence-corrected chi connectivity index (χ0v) is 21.3. The molecule has 8 nitrogen and oxygen atoms in total. The number of ether oxygens (including phenoxy) is 2. The summed E-state index contributed by atoms with van der Waals surface area (Å²) in [5, 5.41) is 0. The van der Waals surface area contributed by atoms with Crippen molar-refractivity contribution in [3.05, 3.63) is 84.1 Å². The molecule has 1 heterocycles. The SMILES string of the molecule is CCOC(=O)C1=C(OP(=O)(Oc2ccccc2)Oc2ccccc2)CCC(C)(C)[C@@H]1[C@H]1C=CC(=O)O1. The smallest absolute Gasteiger partial charge is 0.463 e. The Hall–Kier alpha value is -3.51. The number of esters is 2. The summed E-state index contributed by atoms with van der Waals surface area (Å²) in [5.41, 5.74) is -0.301. The quantitative estimate of drug-likeness (QED) is 0.298.